The molecule has 3 aromatic carbocycles. The number of rotatable bonds is 8. The Labute approximate surface area is 202 Å². The fourth-order valence-corrected chi connectivity index (χ4v) is 4.45. The van der Waals surface area contributed by atoms with Gasteiger partial charge < -0.3 is 9.47 Å². The molecule has 0 bridgehead atoms. The molecule has 1 saturated heterocycles. The molecule has 1 aliphatic heterocycles. The van der Waals surface area contributed by atoms with Crippen LogP contribution in [-0.2, 0) is 11.4 Å². The van der Waals surface area contributed by atoms with Gasteiger partial charge >= 0.3 is 0 Å². The molecular formula is C27H25FN2O3S. The standard InChI is InChI=1S/C27H25FN2O3S/c1-3-30-26(31)25(34-27(30)29-22-13-11-21(28)12-14-22)17-20-10-15-23(24(16-20)32-4-2)33-18-19-8-6-5-7-9-19/h5-17H,3-4,18H2,1-2H3/b25-17+,29-27?. The molecular weight excluding hydrogens is 451 g/mol. The number of halogens is 1. The number of carbonyl (C=O) groups excluding carboxylic acids is 1. The van der Waals surface area contributed by atoms with Crippen LogP contribution >= 0.6 is 11.8 Å². The van der Waals surface area contributed by atoms with Crippen LogP contribution in [0, 0.1) is 5.82 Å². The maximum atomic E-state index is 13.2. The highest BCUT2D eigenvalue weighted by molar-refractivity contribution is 8.18. The molecule has 0 spiro atoms. The summed E-state index contributed by atoms with van der Waals surface area (Å²) in [5.74, 6) is 0.826. The van der Waals surface area contributed by atoms with Gasteiger partial charge in [0.25, 0.3) is 5.91 Å². The summed E-state index contributed by atoms with van der Waals surface area (Å²) in [5, 5.41) is 0.568. The van der Waals surface area contributed by atoms with Gasteiger partial charge in [0.05, 0.1) is 17.2 Å². The normalized spacial score (nSPS) is 15.9. The van der Waals surface area contributed by atoms with Gasteiger partial charge in [-0.3, -0.25) is 9.69 Å². The molecule has 1 amide bonds. The van der Waals surface area contributed by atoms with Gasteiger partial charge in [0.2, 0.25) is 0 Å². The summed E-state index contributed by atoms with van der Waals surface area (Å²) in [4.78, 5) is 19.7. The van der Waals surface area contributed by atoms with Gasteiger partial charge in [-0.05, 0) is 79.2 Å². The zero-order valence-electron chi connectivity index (χ0n) is 19.0. The Morgan fingerprint density at radius 3 is 2.44 bits per heavy atom. The van der Waals surface area contributed by atoms with Crippen molar-refractivity contribution in [1.82, 2.24) is 4.90 Å². The highest BCUT2D eigenvalue weighted by Crippen LogP contribution is 2.36. The first-order chi connectivity index (χ1) is 16.6. The van der Waals surface area contributed by atoms with Crippen molar-refractivity contribution in [3.8, 4) is 11.5 Å². The number of carbonyl (C=O) groups is 1. The molecule has 174 valence electrons. The largest absolute Gasteiger partial charge is 0.490 e. The van der Waals surface area contributed by atoms with Gasteiger partial charge in [0, 0.05) is 6.54 Å². The number of aliphatic imine (C=N–C) groups is 1. The van der Waals surface area contributed by atoms with E-state index in [1.807, 2.05) is 68.5 Å². The number of ether oxygens (including phenoxy) is 2. The molecule has 0 unspecified atom stereocenters. The average Bonchev–Trinajstić information content (AvgIpc) is 3.14. The van der Waals surface area contributed by atoms with E-state index in [4.69, 9.17) is 9.47 Å². The molecule has 0 radical (unpaired) electrons. The van der Waals surface area contributed by atoms with E-state index in [2.05, 4.69) is 4.99 Å². The highest BCUT2D eigenvalue weighted by atomic mass is 32.2. The number of likely N-dealkylation sites (N-methyl/N-ethyl adjacent to an activating group) is 1. The van der Waals surface area contributed by atoms with Crippen molar-refractivity contribution in [2.45, 2.75) is 20.5 Å². The van der Waals surface area contributed by atoms with E-state index in [-0.39, 0.29) is 11.7 Å². The fraction of sp³-hybridized carbons (Fsp3) is 0.185. The Balaban J connectivity index is 1.56. The Morgan fingerprint density at radius 1 is 0.971 bits per heavy atom. The minimum Gasteiger partial charge on any atom is -0.490 e. The number of thioether (sulfide) groups is 1. The molecule has 0 N–H and O–H groups in total. The van der Waals surface area contributed by atoms with E-state index >= 15 is 0 Å². The van der Waals surface area contributed by atoms with Crippen LogP contribution in [0.2, 0.25) is 0 Å². The predicted octanol–water partition coefficient (Wildman–Crippen LogP) is 6.43. The fourth-order valence-electron chi connectivity index (χ4n) is 3.38. The summed E-state index contributed by atoms with van der Waals surface area (Å²) in [6, 6.07) is 21.4. The molecule has 3 aromatic rings. The van der Waals surface area contributed by atoms with Gasteiger partial charge in [0.1, 0.15) is 12.4 Å². The van der Waals surface area contributed by atoms with Crippen LogP contribution in [-0.4, -0.2) is 29.1 Å². The molecule has 0 aliphatic carbocycles. The molecule has 4 rings (SSSR count). The van der Waals surface area contributed by atoms with E-state index in [9.17, 15) is 9.18 Å². The van der Waals surface area contributed by atoms with Crippen molar-refractivity contribution in [2.75, 3.05) is 13.2 Å². The van der Waals surface area contributed by atoms with Crippen LogP contribution in [0.1, 0.15) is 25.0 Å². The molecule has 1 fully saturated rings. The minimum absolute atomic E-state index is 0.115. The number of hydrogen-bond donors (Lipinski definition) is 0. The molecule has 34 heavy (non-hydrogen) atoms. The van der Waals surface area contributed by atoms with Gasteiger partial charge in [-0.1, -0.05) is 36.4 Å². The van der Waals surface area contributed by atoms with Gasteiger partial charge in [-0.2, -0.15) is 0 Å². The third kappa shape index (κ3) is 5.66. The number of nitrogens with zero attached hydrogens (tertiary/aromatic N) is 2. The van der Waals surface area contributed by atoms with Crippen LogP contribution < -0.4 is 9.47 Å². The monoisotopic (exact) mass is 476 g/mol. The first-order valence-electron chi connectivity index (χ1n) is 11.1. The number of amidine groups is 1. The lowest BCUT2D eigenvalue weighted by atomic mass is 10.1. The van der Waals surface area contributed by atoms with E-state index in [0.29, 0.717) is 47.0 Å². The molecule has 7 heteroatoms. The van der Waals surface area contributed by atoms with Crippen molar-refractivity contribution in [3.05, 3.63) is 94.6 Å². The topological polar surface area (TPSA) is 51.1 Å². The van der Waals surface area contributed by atoms with Gasteiger partial charge in [-0.15, -0.1) is 0 Å². The third-order valence-electron chi connectivity index (χ3n) is 5.06. The predicted molar refractivity (Wildman–Crippen MR) is 135 cm³/mol. The average molecular weight is 477 g/mol. The summed E-state index contributed by atoms with van der Waals surface area (Å²) in [6.07, 6.45) is 1.83. The Hall–Kier alpha value is -3.58. The zero-order valence-corrected chi connectivity index (χ0v) is 19.8. The van der Waals surface area contributed by atoms with Crippen LogP contribution in [0.4, 0.5) is 10.1 Å². The Morgan fingerprint density at radius 2 is 1.74 bits per heavy atom. The number of amides is 1. The van der Waals surface area contributed by atoms with Crippen LogP contribution in [0.5, 0.6) is 11.5 Å². The summed E-state index contributed by atoms with van der Waals surface area (Å²) < 4.78 is 25.0. The second kappa shape index (κ2) is 11.0. The van der Waals surface area contributed by atoms with Gasteiger partial charge in [0.15, 0.2) is 16.7 Å². The summed E-state index contributed by atoms with van der Waals surface area (Å²) >= 11 is 1.30. The summed E-state index contributed by atoms with van der Waals surface area (Å²) in [7, 11) is 0. The molecule has 5 nitrogen and oxygen atoms in total. The van der Waals surface area contributed by atoms with E-state index in [0.717, 1.165) is 11.1 Å². The van der Waals surface area contributed by atoms with E-state index < -0.39 is 0 Å². The SMILES string of the molecule is CCOc1cc(/C=C2/SC(=Nc3ccc(F)cc3)N(CC)C2=O)ccc1OCc1ccccc1. The number of hydrogen-bond acceptors (Lipinski definition) is 5. The second-order valence-corrected chi connectivity index (χ2v) is 8.45. The molecule has 0 saturated carbocycles. The Bertz CT molecular complexity index is 1210. The molecule has 1 aliphatic rings. The first kappa shape index (κ1) is 23.6. The second-order valence-electron chi connectivity index (χ2n) is 7.44. The minimum atomic E-state index is -0.326. The quantitative estimate of drug-likeness (QED) is 0.352. The van der Waals surface area contributed by atoms with Gasteiger partial charge in [-0.25, -0.2) is 9.38 Å². The summed E-state index contributed by atoms with van der Waals surface area (Å²) in [6.45, 7) is 5.23. The molecule has 1 heterocycles. The maximum Gasteiger partial charge on any atom is 0.266 e. The van der Waals surface area contributed by atoms with Crippen molar-refractivity contribution in [2.24, 2.45) is 4.99 Å². The van der Waals surface area contributed by atoms with Crippen LogP contribution in [0.15, 0.2) is 82.7 Å². The van der Waals surface area contributed by atoms with Crippen LogP contribution in [0.3, 0.4) is 0 Å². The Kier molecular flexibility index (Phi) is 7.65. The van der Waals surface area contributed by atoms with Crippen molar-refractivity contribution >= 4 is 34.6 Å². The van der Waals surface area contributed by atoms with Crippen molar-refractivity contribution in [1.29, 1.82) is 0 Å². The van der Waals surface area contributed by atoms with Crippen molar-refractivity contribution in [3.63, 3.8) is 0 Å². The molecule has 0 aromatic heterocycles. The lowest BCUT2D eigenvalue weighted by Gasteiger charge is -2.13. The van der Waals surface area contributed by atoms with E-state index in [1.165, 1.54) is 23.9 Å². The smallest absolute Gasteiger partial charge is 0.266 e. The van der Waals surface area contributed by atoms with E-state index in [1.54, 1.807) is 17.0 Å². The summed E-state index contributed by atoms with van der Waals surface area (Å²) in [5.41, 5.74) is 2.48. The van der Waals surface area contributed by atoms with Crippen LogP contribution in [0.25, 0.3) is 6.08 Å². The van der Waals surface area contributed by atoms with Crippen molar-refractivity contribution < 1.29 is 18.7 Å². The number of benzene rings is 3. The molecule has 0 atom stereocenters. The zero-order chi connectivity index (χ0) is 23.9. The lowest BCUT2D eigenvalue weighted by molar-refractivity contribution is -0.122. The highest BCUT2D eigenvalue weighted by Gasteiger charge is 2.32. The maximum absolute atomic E-state index is 13.2. The first-order valence-corrected chi connectivity index (χ1v) is 11.9. The third-order valence-corrected chi connectivity index (χ3v) is 6.06. The lowest BCUT2D eigenvalue weighted by Crippen LogP contribution is -2.28.